The fourth-order valence-corrected chi connectivity index (χ4v) is 1.64. The molecule has 0 unspecified atom stereocenters. The van der Waals surface area contributed by atoms with Gasteiger partial charge in [-0.15, -0.1) is 11.6 Å². The quantitative estimate of drug-likeness (QED) is 0.626. The van der Waals surface area contributed by atoms with Crippen molar-refractivity contribution in [2.45, 2.75) is 12.3 Å². The third-order valence-corrected chi connectivity index (χ3v) is 2.48. The molecule has 1 rings (SSSR count). The lowest BCUT2D eigenvalue weighted by molar-refractivity contribution is 0.144. The Labute approximate surface area is 93.4 Å². The second-order valence-corrected chi connectivity index (χ2v) is 3.48. The zero-order valence-electron chi connectivity index (χ0n) is 7.23. The van der Waals surface area contributed by atoms with Crippen LogP contribution >= 0.6 is 27.5 Å². The van der Waals surface area contributed by atoms with Crippen molar-refractivity contribution in [1.29, 1.82) is 0 Å². The normalized spacial score (nSPS) is 10.7. The van der Waals surface area contributed by atoms with Crippen LogP contribution in [0.15, 0.2) is 10.7 Å². The van der Waals surface area contributed by atoms with E-state index < -0.39 is 6.43 Å². The highest BCUT2D eigenvalue weighted by Gasteiger charge is 2.17. The van der Waals surface area contributed by atoms with Crippen molar-refractivity contribution in [3.63, 3.8) is 0 Å². The molecule has 1 heterocycles. The molecule has 2 nitrogen and oxygen atoms in total. The summed E-state index contributed by atoms with van der Waals surface area (Å²) in [7, 11) is 1.43. The van der Waals surface area contributed by atoms with E-state index in [2.05, 4.69) is 20.9 Å². The molecule has 1 aromatic rings. The molecule has 0 aliphatic heterocycles. The Kier molecular flexibility index (Phi) is 4.07. The molecule has 0 N–H and O–H groups in total. The van der Waals surface area contributed by atoms with Gasteiger partial charge in [-0.05, 0) is 27.6 Å². The van der Waals surface area contributed by atoms with Crippen LogP contribution in [0, 0.1) is 0 Å². The zero-order valence-corrected chi connectivity index (χ0v) is 9.57. The minimum absolute atomic E-state index is 0.0175. The molecule has 0 aromatic carbocycles. The van der Waals surface area contributed by atoms with Crippen molar-refractivity contribution in [2.75, 3.05) is 7.11 Å². The number of pyridine rings is 1. The van der Waals surface area contributed by atoms with Gasteiger partial charge in [0.1, 0.15) is 10.3 Å². The lowest BCUT2D eigenvalue weighted by Gasteiger charge is -2.09. The molecule has 0 saturated heterocycles. The van der Waals surface area contributed by atoms with E-state index in [-0.39, 0.29) is 21.7 Å². The first kappa shape index (κ1) is 11.7. The van der Waals surface area contributed by atoms with Crippen LogP contribution in [0.3, 0.4) is 0 Å². The summed E-state index contributed by atoms with van der Waals surface area (Å²) in [6.07, 6.45) is -2.63. The van der Waals surface area contributed by atoms with Crippen molar-refractivity contribution in [3.05, 3.63) is 21.9 Å². The summed E-state index contributed by atoms with van der Waals surface area (Å²) >= 11 is 8.54. The van der Waals surface area contributed by atoms with E-state index >= 15 is 0 Å². The summed E-state index contributed by atoms with van der Waals surface area (Å²) < 4.78 is 30.1. The van der Waals surface area contributed by atoms with E-state index in [1.807, 2.05) is 0 Å². The van der Waals surface area contributed by atoms with Gasteiger partial charge in [0.2, 0.25) is 0 Å². The van der Waals surface area contributed by atoms with E-state index in [4.69, 9.17) is 16.3 Å². The van der Waals surface area contributed by atoms with Gasteiger partial charge in [-0.3, -0.25) is 0 Å². The Bertz CT molecular complexity index is 335. The molecular formula is C8H7BrClF2NO. The van der Waals surface area contributed by atoms with Crippen molar-refractivity contribution in [1.82, 2.24) is 4.98 Å². The van der Waals surface area contributed by atoms with Crippen LogP contribution in [0.4, 0.5) is 8.78 Å². The van der Waals surface area contributed by atoms with Gasteiger partial charge in [-0.25, -0.2) is 13.8 Å². The number of alkyl halides is 3. The number of methoxy groups -OCH3 is 1. The van der Waals surface area contributed by atoms with Gasteiger partial charge in [0.05, 0.1) is 7.11 Å². The van der Waals surface area contributed by atoms with E-state index in [1.54, 1.807) is 0 Å². The van der Waals surface area contributed by atoms with E-state index in [0.29, 0.717) is 5.75 Å². The van der Waals surface area contributed by atoms with Crippen LogP contribution in [0.2, 0.25) is 0 Å². The van der Waals surface area contributed by atoms with Crippen LogP contribution in [0.25, 0.3) is 0 Å². The van der Waals surface area contributed by atoms with Crippen LogP contribution in [0.5, 0.6) is 5.75 Å². The number of ether oxygens (including phenoxy) is 1. The Morgan fingerprint density at radius 2 is 2.29 bits per heavy atom. The van der Waals surface area contributed by atoms with Gasteiger partial charge < -0.3 is 4.74 Å². The number of aromatic nitrogens is 1. The molecule has 0 atom stereocenters. The molecule has 0 aliphatic rings. The molecule has 14 heavy (non-hydrogen) atoms. The van der Waals surface area contributed by atoms with Crippen molar-refractivity contribution in [2.24, 2.45) is 0 Å². The predicted octanol–water partition coefficient (Wildman–Crippen LogP) is 3.53. The molecule has 0 radical (unpaired) electrons. The number of nitrogens with zero attached hydrogens (tertiary/aromatic N) is 1. The van der Waals surface area contributed by atoms with Crippen LogP contribution in [-0.2, 0) is 5.88 Å². The Morgan fingerprint density at radius 3 is 2.71 bits per heavy atom. The zero-order chi connectivity index (χ0) is 10.7. The van der Waals surface area contributed by atoms with E-state index in [1.165, 1.54) is 13.2 Å². The fraction of sp³-hybridized carbons (Fsp3) is 0.375. The summed E-state index contributed by atoms with van der Waals surface area (Å²) in [6.45, 7) is 0. The molecule has 1 aromatic heterocycles. The van der Waals surface area contributed by atoms with Crippen LogP contribution in [-0.4, -0.2) is 12.1 Å². The summed E-state index contributed by atoms with van der Waals surface area (Å²) in [4.78, 5) is 3.67. The second kappa shape index (κ2) is 4.89. The number of rotatable bonds is 3. The topological polar surface area (TPSA) is 22.1 Å². The summed E-state index contributed by atoms with van der Waals surface area (Å²) in [6, 6.07) is 1.45. The molecule has 0 aliphatic carbocycles. The van der Waals surface area contributed by atoms with Crippen LogP contribution in [0.1, 0.15) is 17.7 Å². The first-order valence-electron chi connectivity index (χ1n) is 3.67. The highest BCUT2D eigenvalue weighted by atomic mass is 79.9. The van der Waals surface area contributed by atoms with Crippen molar-refractivity contribution in [3.8, 4) is 5.75 Å². The van der Waals surface area contributed by atoms with E-state index in [0.717, 1.165) is 0 Å². The van der Waals surface area contributed by atoms with Crippen molar-refractivity contribution < 1.29 is 13.5 Å². The highest BCUT2D eigenvalue weighted by Crippen LogP contribution is 2.30. The maximum atomic E-state index is 12.4. The van der Waals surface area contributed by atoms with Gasteiger partial charge in [0, 0.05) is 5.88 Å². The maximum Gasteiger partial charge on any atom is 0.280 e. The van der Waals surface area contributed by atoms with Crippen molar-refractivity contribution >= 4 is 27.5 Å². The van der Waals surface area contributed by atoms with Crippen LogP contribution < -0.4 is 4.74 Å². The highest BCUT2D eigenvalue weighted by molar-refractivity contribution is 9.10. The van der Waals surface area contributed by atoms with Gasteiger partial charge in [0.25, 0.3) is 6.43 Å². The van der Waals surface area contributed by atoms with Gasteiger partial charge >= 0.3 is 0 Å². The smallest absolute Gasteiger partial charge is 0.280 e. The SMILES string of the molecule is COc1cc(CCl)c(C(F)F)nc1Br. The lowest BCUT2D eigenvalue weighted by atomic mass is 10.2. The summed E-state index contributed by atoms with van der Waals surface area (Å²) in [5, 5.41) is 0. The largest absolute Gasteiger partial charge is 0.494 e. The molecule has 78 valence electrons. The summed E-state index contributed by atoms with van der Waals surface area (Å²) in [5.41, 5.74) is -0.0330. The van der Waals surface area contributed by atoms with Gasteiger partial charge in [-0.2, -0.15) is 0 Å². The molecule has 0 fully saturated rings. The minimum Gasteiger partial charge on any atom is -0.494 e. The summed E-state index contributed by atoms with van der Waals surface area (Å²) in [5.74, 6) is 0.376. The fourth-order valence-electron chi connectivity index (χ4n) is 0.964. The third-order valence-electron chi connectivity index (χ3n) is 1.63. The average molecular weight is 287 g/mol. The Morgan fingerprint density at radius 1 is 1.64 bits per heavy atom. The van der Waals surface area contributed by atoms with Gasteiger partial charge in [-0.1, -0.05) is 0 Å². The Balaban J connectivity index is 3.24. The first-order valence-corrected chi connectivity index (χ1v) is 5.00. The maximum absolute atomic E-state index is 12.4. The molecule has 6 heteroatoms. The van der Waals surface area contributed by atoms with Gasteiger partial charge in [0.15, 0.2) is 5.75 Å². The second-order valence-electron chi connectivity index (χ2n) is 2.46. The number of hydrogen-bond acceptors (Lipinski definition) is 2. The Hall–Kier alpha value is -0.420. The predicted molar refractivity (Wildman–Crippen MR) is 53.0 cm³/mol. The number of hydrogen-bond donors (Lipinski definition) is 0. The minimum atomic E-state index is -2.63. The molecule has 0 saturated carbocycles. The molecule has 0 amide bonds. The first-order chi connectivity index (χ1) is 6.60. The molecule has 0 spiro atoms. The molecular weight excluding hydrogens is 279 g/mol. The average Bonchev–Trinajstić information content (AvgIpc) is 2.17. The lowest BCUT2D eigenvalue weighted by Crippen LogP contribution is -1.99. The third kappa shape index (κ3) is 2.33. The number of halogens is 4. The standard InChI is InChI=1S/C8H7BrClF2NO/c1-14-5-2-4(3-10)6(8(11)12)13-7(5)9/h2,8H,3H2,1H3. The molecule has 0 bridgehead atoms. The monoisotopic (exact) mass is 285 g/mol. The van der Waals surface area contributed by atoms with E-state index in [9.17, 15) is 8.78 Å².